The zero-order valence-corrected chi connectivity index (χ0v) is 28.9. The van der Waals surface area contributed by atoms with E-state index < -0.39 is 17.3 Å². The molecular weight excluding hydrogens is 598 g/mol. The largest absolute Gasteiger partial charge is 0.444 e. The monoisotopic (exact) mass is 647 g/mol. The fraction of sp³-hybridized carbons (Fsp3) is 0.514. The maximum atomic E-state index is 13.9. The Morgan fingerprint density at radius 3 is 2.47 bits per heavy atom. The van der Waals surface area contributed by atoms with Crippen LogP contribution in [0, 0.1) is 0 Å². The third kappa shape index (κ3) is 9.46. The van der Waals surface area contributed by atoms with Gasteiger partial charge in [-0.2, -0.15) is 9.61 Å². The van der Waals surface area contributed by atoms with Gasteiger partial charge in [0.25, 0.3) is 0 Å². The van der Waals surface area contributed by atoms with Crippen LogP contribution in [0.4, 0.5) is 26.9 Å². The quantitative estimate of drug-likeness (QED) is 0.235. The molecule has 1 aliphatic heterocycles. The molecule has 1 atom stereocenters. The van der Waals surface area contributed by atoms with E-state index in [4.69, 9.17) is 14.5 Å². The van der Waals surface area contributed by atoms with Crippen molar-refractivity contribution in [1.82, 2.24) is 19.5 Å². The summed E-state index contributed by atoms with van der Waals surface area (Å²) in [6.45, 7) is 19.9. The van der Waals surface area contributed by atoms with Gasteiger partial charge in [0.1, 0.15) is 22.8 Å². The van der Waals surface area contributed by atoms with Gasteiger partial charge in [-0.1, -0.05) is 32.6 Å². The van der Waals surface area contributed by atoms with E-state index in [1.54, 1.807) is 33.8 Å². The molecule has 1 aromatic carbocycles. The molecule has 47 heavy (non-hydrogen) atoms. The molecule has 3 aromatic rings. The molecule has 1 unspecified atom stereocenters. The summed E-state index contributed by atoms with van der Waals surface area (Å²) < 4.78 is 13.2. The van der Waals surface area contributed by atoms with Crippen LogP contribution >= 0.6 is 0 Å². The third-order valence-corrected chi connectivity index (χ3v) is 7.49. The molecule has 0 radical (unpaired) electrons. The Labute approximate surface area is 277 Å². The van der Waals surface area contributed by atoms with Crippen LogP contribution in [-0.4, -0.2) is 67.9 Å². The van der Waals surface area contributed by atoms with Crippen molar-refractivity contribution in [3.05, 3.63) is 60.3 Å². The van der Waals surface area contributed by atoms with Crippen molar-refractivity contribution in [2.24, 2.45) is 0 Å². The second-order valence-corrected chi connectivity index (χ2v) is 14.2. The highest BCUT2D eigenvalue weighted by Crippen LogP contribution is 2.29. The van der Waals surface area contributed by atoms with Gasteiger partial charge in [0.2, 0.25) is 5.91 Å². The number of fused-ring (bicyclic) bond motifs is 1. The summed E-state index contributed by atoms with van der Waals surface area (Å²) in [7, 11) is 0. The highest BCUT2D eigenvalue weighted by molar-refractivity contribution is 5.99. The van der Waals surface area contributed by atoms with Crippen molar-refractivity contribution in [3.8, 4) is 0 Å². The van der Waals surface area contributed by atoms with Gasteiger partial charge in [-0.05, 0) is 90.5 Å². The van der Waals surface area contributed by atoms with Crippen molar-refractivity contribution in [3.63, 3.8) is 0 Å². The predicted octanol–water partition coefficient (Wildman–Crippen LogP) is 7.12. The molecule has 1 aliphatic rings. The number of nitrogens with one attached hydrogen (secondary N) is 2. The van der Waals surface area contributed by atoms with E-state index in [2.05, 4.69) is 36.2 Å². The fourth-order valence-electron chi connectivity index (χ4n) is 5.33. The van der Waals surface area contributed by atoms with Gasteiger partial charge < -0.3 is 25.0 Å². The number of likely N-dealkylation sites (tertiary alicyclic amines) is 1. The van der Waals surface area contributed by atoms with Crippen molar-refractivity contribution in [1.29, 1.82) is 0 Å². The molecule has 3 heterocycles. The predicted molar refractivity (Wildman–Crippen MR) is 184 cm³/mol. The first-order chi connectivity index (χ1) is 22.0. The van der Waals surface area contributed by atoms with Crippen molar-refractivity contribution in [2.75, 3.05) is 28.6 Å². The van der Waals surface area contributed by atoms with Gasteiger partial charge in [-0.25, -0.2) is 14.6 Å². The molecule has 2 aromatic heterocycles. The number of hydrogen-bond acceptors (Lipinski definition) is 8. The van der Waals surface area contributed by atoms with Gasteiger partial charge in [-0.15, -0.1) is 0 Å². The van der Waals surface area contributed by atoms with E-state index in [0.29, 0.717) is 36.1 Å². The molecular formula is C35H49N7O5. The number of amides is 3. The highest BCUT2D eigenvalue weighted by Gasteiger charge is 2.31. The molecule has 1 saturated heterocycles. The van der Waals surface area contributed by atoms with E-state index in [9.17, 15) is 14.4 Å². The first kappa shape index (κ1) is 35.2. The van der Waals surface area contributed by atoms with Crippen LogP contribution in [0.3, 0.4) is 0 Å². The summed E-state index contributed by atoms with van der Waals surface area (Å²) in [5, 5.41) is 10.9. The number of rotatable bonds is 9. The minimum Gasteiger partial charge on any atom is -0.444 e. The van der Waals surface area contributed by atoms with Gasteiger partial charge in [0, 0.05) is 30.4 Å². The van der Waals surface area contributed by atoms with Crippen LogP contribution in [-0.2, 0) is 20.8 Å². The number of carbonyl (C=O) groups is 3. The Morgan fingerprint density at radius 2 is 1.81 bits per heavy atom. The average molecular weight is 648 g/mol. The van der Waals surface area contributed by atoms with Crippen LogP contribution in [0.15, 0.2) is 49.2 Å². The maximum Gasteiger partial charge on any atom is 0.416 e. The van der Waals surface area contributed by atoms with Gasteiger partial charge in [-0.3, -0.25) is 9.69 Å². The summed E-state index contributed by atoms with van der Waals surface area (Å²) in [5.74, 6) is 0.764. The molecule has 0 spiro atoms. The summed E-state index contributed by atoms with van der Waals surface area (Å²) in [6.07, 6.45) is 4.82. The zero-order valence-electron chi connectivity index (χ0n) is 28.9. The van der Waals surface area contributed by atoms with Crippen LogP contribution in [0.1, 0.15) is 91.7 Å². The molecule has 3 amide bonds. The normalized spacial score (nSPS) is 15.3. The van der Waals surface area contributed by atoms with Crippen LogP contribution in [0.5, 0.6) is 0 Å². The van der Waals surface area contributed by atoms with E-state index in [-0.39, 0.29) is 30.5 Å². The fourth-order valence-corrected chi connectivity index (χ4v) is 5.33. The second-order valence-electron chi connectivity index (χ2n) is 14.2. The third-order valence-electron chi connectivity index (χ3n) is 7.49. The Kier molecular flexibility index (Phi) is 10.8. The van der Waals surface area contributed by atoms with Crippen LogP contribution < -0.4 is 15.5 Å². The van der Waals surface area contributed by atoms with Crippen molar-refractivity contribution >= 4 is 41.1 Å². The Bertz CT molecular complexity index is 1600. The number of hydrogen-bond donors (Lipinski definition) is 2. The second kappa shape index (κ2) is 14.4. The van der Waals surface area contributed by atoms with Crippen LogP contribution in [0.2, 0.25) is 0 Å². The molecule has 12 nitrogen and oxygen atoms in total. The molecule has 0 aliphatic carbocycles. The lowest BCUT2D eigenvalue weighted by molar-refractivity contribution is -0.111. The number of benzene rings is 1. The first-order valence-corrected chi connectivity index (χ1v) is 16.2. The van der Waals surface area contributed by atoms with Crippen molar-refractivity contribution in [2.45, 2.75) is 104 Å². The topological polar surface area (TPSA) is 130 Å². The maximum absolute atomic E-state index is 13.9. The number of piperidine rings is 1. The lowest BCUT2D eigenvalue weighted by Crippen LogP contribution is -2.49. The van der Waals surface area contributed by atoms with Gasteiger partial charge in [0.15, 0.2) is 5.65 Å². The minimum atomic E-state index is -0.762. The van der Waals surface area contributed by atoms with E-state index in [1.807, 2.05) is 53.7 Å². The Hall–Kier alpha value is -4.61. The van der Waals surface area contributed by atoms with E-state index in [1.165, 1.54) is 11.0 Å². The number of ether oxygens (including phenoxy) is 2. The first-order valence-electron chi connectivity index (χ1n) is 16.2. The summed E-state index contributed by atoms with van der Waals surface area (Å²) >= 11 is 0. The van der Waals surface area contributed by atoms with E-state index >= 15 is 0 Å². The Morgan fingerprint density at radius 1 is 1.09 bits per heavy atom. The highest BCUT2D eigenvalue weighted by atomic mass is 16.6. The van der Waals surface area contributed by atoms with Gasteiger partial charge in [0.05, 0.1) is 18.8 Å². The Balaban J connectivity index is 1.74. The van der Waals surface area contributed by atoms with Gasteiger partial charge >= 0.3 is 12.2 Å². The number of aromatic nitrogens is 3. The molecule has 4 rings (SSSR count). The number of nitrogens with zero attached hydrogens (tertiary/aromatic N) is 5. The lowest BCUT2D eigenvalue weighted by Gasteiger charge is -2.37. The lowest BCUT2D eigenvalue weighted by atomic mass is 10.0. The SMILES string of the molecule is C=CC(=O)Nc1cccc(CN(C(=O)OC(C)(C)C)c2cc(NCC3CCCCN3C(=O)OC(C)(C)C)nc3c(C(C)C)cnn23)c1. The molecule has 254 valence electrons. The molecule has 0 bridgehead atoms. The molecule has 1 fully saturated rings. The smallest absolute Gasteiger partial charge is 0.416 e. The number of carbonyl (C=O) groups excluding carboxylic acids is 3. The summed E-state index contributed by atoms with van der Waals surface area (Å²) in [5.41, 5.74) is 1.49. The summed E-state index contributed by atoms with van der Waals surface area (Å²) in [4.78, 5) is 47.2. The molecule has 2 N–H and O–H groups in total. The van der Waals surface area contributed by atoms with Crippen LogP contribution in [0.25, 0.3) is 5.65 Å². The van der Waals surface area contributed by atoms with Crippen molar-refractivity contribution < 1.29 is 23.9 Å². The summed E-state index contributed by atoms with van der Waals surface area (Å²) in [6, 6.07) is 8.93. The number of anilines is 3. The van der Waals surface area contributed by atoms with E-state index in [0.717, 1.165) is 30.4 Å². The standard InChI is InChI=1S/C35H49N7O5/c1-10-29(43)38-25-15-13-14-24(18-25)22-41(33(45)47-35(7,8)9)30-19-28(39-31-27(23(2)3)21-37-42(30)31)36-20-26-16-11-12-17-40(26)32(44)46-34(4,5)6/h10,13-15,18-19,21,23,26H,1,11-12,16-17,20,22H2,2-9H3,(H,36,39)(H,38,43). The molecule has 0 saturated carbocycles. The average Bonchev–Trinajstić information content (AvgIpc) is 3.41. The zero-order chi connectivity index (χ0) is 34.5. The molecule has 12 heteroatoms. The minimum absolute atomic E-state index is 0.0926.